The Bertz CT molecular complexity index is 634. The second-order valence-corrected chi connectivity index (χ2v) is 5.84. The summed E-state index contributed by atoms with van der Waals surface area (Å²) in [6, 6.07) is 0. The number of aliphatic carboxylic acids is 2. The Labute approximate surface area is 110 Å². The highest BCUT2D eigenvalue weighted by Gasteiger charge is 2.17. The fourth-order valence-corrected chi connectivity index (χ4v) is 2.23. The molecule has 0 bridgehead atoms. The molecule has 0 fully saturated rings. The lowest BCUT2D eigenvalue weighted by Gasteiger charge is -1.96. The van der Waals surface area contributed by atoms with Gasteiger partial charge in [0.15, 0.2) is 0 Å². The third-order valence-corrected chi connectivity index (χ3v) is 3.82. The highest BCUT2D eigenvalue weighted by molar-refractivity contribution is 7.91. The highest BCUT2D eigenvalue weighted by atomic mass is 32.2. The Morgan fingerprint density at radius 2 is 1.89 bits per heavy atom. The van der Waals surface area contributed by atoms with Crippen LogP contribution in [0.4, 0.5) is 5.13 Å². The second kappa shape index (κ2) is 5.81. The lowest BCUT2D eigenvalue weighted by Crippen LogP contribution is -2.14. The zero-order valence-corrected chi connectivity index (χ0v) is 10.8. The Morgan fingerprint density at radius 1 is 1.26 bits per heavy atom. The molecule has 0 spiro atoms. The van der Waals surface area contributed by atoms with E-state index in [2.05, 4.69) is 15.2 Å². The maximum atomic E-state index is 10.9. The van der Waals surface area contributed by atoms with Crippen molar-refractivity contribution in [1.29, 1.82) is 0 Å². The molecule has 1 heterocycles. The van der Waals surface area contributed by atoms with Gasteiger partial charge in [0, 0.05) is 6.42 Å². The first-order valence-corrected chi connectivity index (χ1v) is 6.95. The van der Waals surface area contributed by atoms with Crippen LogP contribution in [0.2, 0.25) is 0 Å². The van der Waals surface area contributed by atoms with Gasteiger partial charge in [-0.15, -0.1) is 10.2 Å². The summed E-state index contributed by atoms with van der Waals surface area (Å²) >= 11 is 0.486. The molecule has 0 saturated heterocycles. The van der Waals surface area contributed by atoms with Gasteiger partial charge in [-0.05, 0) is 0 Å². The molecule has 0 atom stereocenters. The van der Waals surface area contributed by atoms with Crippen molar-refractivity contribution < 1.29 is 28.2 Å². The first kappa shape index (κ1) is 15.1. The quantitative estimate of drug-likeness (QED) is 0.573. The average Bonchev–Trinajstić information content (AvgIpc) is 2.71. The number of aliphatic imine (C=N–C) groups is 1. The van der Waals surface area contributed by atoms with Crippen LogP contribution in [0, 0.1) is 0 Å². The van der Waals surface area contributed by atoms with Crippen LogP contribution in [0.1, 0.15) is 12.8 Å². The van der Waals surface area contributed by atoms with E-state index in [0.29, 0.717) is 11.3 Å². The minimum Gasteiger partial charge on any atom is -0.481 e. The maximum Gasteiger partial charge on any atom is 0.350 e. The van der Waals surface area contributed by atoms with Gasteiger partial charge in [0.1, 0.15) is 5.71 Å². The molecule has 0 aliphatic rings. The molecule has 0 amide bonds. The van der Waals surface area contributed by atoms with Crippen LogP contribution in [-0.4, -0.2) is 46.5 Å². The summed E-state index contributed by atoms with van der Waals surface area (Å²) in [5, 5.41) is 28.4. The number of carbonyl (C=O) groups is 2. The Kier molecular flexibility index (Phi) is 4.63. The monoisotopic (exact) mass is 308 g/mol. The van der Waals surface area contributed by atoms with Crippen molar-refractivity contribution in [3.63, 3.8) is 0 Å². The molecular weight excluding hydrogens is 300 g/mol. The average molecular weight is 308 g/mol. The fraction of sp³-hybridized carbons (Fsp3) is 0.286. The summed E-state index contributed by atoms with van der Waals surface area (Å²) in [6.07, 6.45) is -0.749. The van der Waals surface area contributed by atoms with E-state index in [9.17, 15) is 18.0 Å². The molecule has 0 saturated carbocycles. The van der Waals surface area contributed by atoms with Crippen LogP contribution in [0.3, 0.4) is 0 Å². The molecule has 10 nitrogen and oxygen atoms in total. The van der Waals surface area contributed by atoms with Gasteiger partial charge in [-0.3, -0.25) is 4.79 Å². The minimum absolute atomic E-state index is 0.230. The summed E-state index contributed by atoms with van der Waals surface area (Å²) in [7, 11) is -4.03. The van der Waals surface area contributed by atoms with Gasteiger partial charge < -0.3 is 10.2 Å². The number of carboxylic acid groups (broad SMARTS) is 2. The van der Waals surface area contributed by atoms with Crippen molar-refractivity contribution in [3.8, 4) is 0 Å². The number of hydrogen-bond donors (Lipinski definition) is 3. The van der Waals surface area contributed by atoms with Gasteiger partial charge >= 0.3 is 11.9 Å². The molecular formula is C7H8N4O6S2. The number of carboxylic acids is 2. The number of hydrogen-bond acceptors (Lipinski definition) is 8. The van der Waals surface area contributed by atoms with Crippen molar-refractivity contribution in [1.82, 2.24) is 10.2 Å². The standard InChI is InChI=1S/C7H8N4O6S2/c8-19(16,17)7-11-10-6(18-7)9-3(5(14)15)1-2-4(12)13/h1-2H2,(H,12,13)(H,14,15)(H2,8,16,17)/b9-3-. The molecule has 0 aromatic carbocycles. The summed E-state index contributed by atoms with van der Waals surface area (Å²) in [4.78, 5) is 24.7. The zero-order valence-electron chi connectivity index (χ0n) is 9.18. The third kappa shape index (κ3) is 4.69. The summed E-state index contributed by atoms with van der Waals surface area (Å²) in [5.41, 5.74) is -0.459. The van der Waals surface area contributed by atoms with E-state index in [1.807, 2.05) is 0 Å². The van der Waals surface area contributed by atoms with E-state index >= 15 is 0 Å². The molecule has 1 aromatic heterocycles. The van der Waals surface area contributed by atoms with Gasteiger partial charge in [-0.25, -0.2) is 23.3 Å². The van der Waals surface area contributed by atoms with Gasteiger partial charge in [0.25, 0.3) is 10.0 Å². The molecule has 4 N–H and O–H groups in total. The lowest BCUT2D eigenvalue weighted by molar-refractivity contribution is -0.136. The van der Waals surface area contributed by atoms with Crippen LogP contribution in [0.5, 0.6) is 0 Å². The molecule has 0 aliphatic carbocycles. The van der Waals surface area contributed by atoms with E-state index in [1.165, 1.54) is 0 Å². The van der Waals surface area contributed by atoms with Crippen molar-refractivity contribution in [2.75, 3.05) is 0 Å². The second-order valence-electron chi connectivity index (χ2n) is 3.15. The summed E-state index contributed by atoms with van der Waals surface area (Å²) in [5.74, 6) is -2.61. The number of primary sulfonamides is 1. The molecule has 104 valence electrons. The van der Waals surface area contributed by atoms with Gasteiger partial charge in [-0.1, -0.05) is 11.3 Å². The number of nitrogens with zero attached hydrogens (tertiary/aromatic N) is 3. The highest BCUT2D eigenvalue weighted by Crippen LogP contribution is 2.22. The summed E-state index contributed by atoms with van der Waals surface area (Å²) in [6.45, 7) is 0. The van der Waals surface area contributed by atoms with Crippen molar-refractivity contribution >= 4 is 44.1 Å². The predicted octanol–water partition coefficient (Wildman–Crippen LogP) is -0.793. The molecule has 0 aliphatic heterocycles. The number of rotatable bonds is 6. The molecule has 12 heteroatoms. The molecule has 19 heavy (non-hydrogen) atoms. The largest absolute Gasteiger partial charge is 0.481 e. The van der Waals surface area contributed by atoms with Gasteiger partial charge in [0.05, 0.1) is 6.42 Å². The van der Waals surface area contributed by atoms with Gasteiger partial charge in [0.2, 0.25) is 9.47 Å². The van der Waals surface area contributed by atoms with E-state index < -0.39 is 38.4 Å². The maximum absolute atomic E-state index is 10.9. The van der Waals surface area contributed by atoms with Crippen LogP contribution < -0.4 is 5.14 Å². The first-order chi connectivity index (χ1) is 8.70. The Morgan fingerprint density at radius 3 is 2.32 bits per heavy atom. The number of aromatic nitrogens is 2. The van der Waals surface area contributed by atoms with E-state index in [1.54, 1.807) is 0 Å². The fourth-order valence-electron chi connectivity index (χ4n) is 0.914. The number of nitrogens with two attached hydrogens (primary N) is 1. The van der Waals surface area contributed by atoms with Crippen molar-refractivity contribution in [3.05, 3.63) is 0 Å². The van der Waals surface area contributed by atoms with Gasteiger partial charge in [-0.2, -0.15) is 0 Å². The predicted molar refractivity (Wildman–Crippen MR) is 62.9 cm³/mol. The Balaban J connectivity index is 2.99. The van der Waals surface area contributed by atoms with E-state index in [4.69, 9.17) is 15.4 Å². The lowest BCUT2D eigenvalue weighted by atomic mass is 10.2. The molecule has 0 radical (unpaired) electrons. The summed E-state index contributed by atoms with van der Waals surface area (Å²) < 4.78 is 21.3. The van der Waals surface area contributed by atoms with Crippen LogP contribution in [-0.2, 0) is 19.6 Å². The SMILES string of the molecule is NS(=O)(=O)c1nnc(/N=C(/CCC(=O)O)C(=O)O)s1. The van der Waals surface area contributed by atoms with Crippen LogP contribution in [0.15, 0.2) is 9.33 Å². The molecule has 1 aromatic rings. The zero-order chi connectivity index (χ0) is 14.6. The van der Waals surface area contributed by atoms with Crippen LogP contribution in [0.25, 0.3) is 0 Å². The van der Waals surface area contributed by atoms with Crippen LogP contribution >= 0.6 is 11.3 Å². The van der Waals surface area contributed by atoms with Crippen molar-refractivity contribution in [2.45, 2.75) is 17.2 Å². The van der Waals surface area contributed by atoms with E-state index in [-0.39, 0.29) is 11.6 Å². The third-order valence-electron chi connectivity index (χ3n) is 1.69. The molecule has 0 unspecified atom stereocenters. The number of sulfonamides is 1. The first-order valence-electron chi connectivity index (χ1n) is 4.59. The smallest absolute Gasteiger partial charge is 0.350 e. The molecule has 1 rings (SSSR count). The topological polar surface area (TPSA) is 173 Å². The van der Waals surface area contributed by atoms with E-state index in [0.717, 1.165) is 0 Å². The Hall–Kier alpha value is -1.92. The van der Waals surface area contributed by atoms with Crippen molar-refractivity contribution in [2.24, 2.45) is 10.1 Å². The normalized spacial score (nSPS) is 12.4. The minimum atomic E-state index is -4.03.